The monoisotopic (exact) mass is 168 g/mol. The Morgan fingerprint density at radius 1 is 1.00 bits per heavy atom. The van der Waals surface area contributed by atoms with Gasteiger partial charge in [-0.05, 0) is 20.3 Å². The summed E-state index contributed by atoms with van der Waals surface area (Å²) in [6.07, 6.45) is 10.1. The smallest absolute Gasteiger partial charge is 0.0311 e. The highest BCUT2D eigenvalue weighted by Gasteiger charge is 1.79. The second-order valence-electron chi connectivity index (χ2n) is 2.72. The Kier molecular flexibility index (Phi) is 15.3. The number of hydrogen-bond acceptors (Lipinski definition) is 0. The van der Waals surface area contributed by atoms with Crippen molar-refractivity contribution >= 4 is 0 Å². The van der Waals surface area contributed by atoms with Crippen LogP contribution in [0.25, 0.3) is 0 Å². The summed E-state index contributed by atoms with van der Waals surface area (Å²) in [5.41, 5.74) is 1.41. The molecule has 0 saturated heterocycles. The van der Waals surface area contributed by atoms with E-state index in [1.165, 1.54) is 18.4 Å². The van der Waals surface area contributed by atoms with E-state index in [4.69, 9.17) is 0 Å². The van der Waals surface area contributed by atoms with Crippen LogP contribution in [0.1, 0.15) is 53.9 Å². The molecule has 0 unspecified atom stereocenters. The third-order valence-corrected chi connectivity index (χ3v) is 1.66. The molecule has 0 aliphatic heterocycles. The molecule has 0 rings (SSSR count). The van der Waals surface area contributed by atoms with E-state index in [2.05, 4.69) is 45.9 Å². The molecule has 0 aromatic heterocycles. The standard InChI is InChI=1S/C8H14.C4H10/c1-4-7-8(5-2)6-3;1-3-4-2/h4-5,7H,6H2,1-3H3;3-4H2,1-2H3/b7-4-,8-5-;. The van der Waals surface area contributed by atoms with E-state index < -0.39 is 0 Å². The van der Waals surface area contributed by atoms with Gasteiger partial charge in [-0.25, -0.2) is 0 Å². The molecule has 0 spiro atoms. The molecule has 0 atom stereocenters. The van der Waals surface area contributed by atoms with Crippen LogP contribution in [0.15, 0.2) is 23.8 Å². The average molecular weight is 168 g/mol. The molecule has 0 nitrogen and oxygen atoms in total. The zero-order valence-corrected chi connectivity index (χ0v) is 9.35. The Hall–Kier alpha value is -0.520. The first-order valence-electron chi connectivity index (χ1n) is 5.04. The molecule has 0 N–H and O–H groups in total. The molecular weight excluding hydrogens is 144 g/mol. The molecule has 0 bridgehead atoms. The van der Waals surface area contributed by atoms with Crippen LogP contribution in [0.5, 0.6) is 0 Å². The largest absolute Gasteiger partial charge is 0.0874 e. The molecular formula is C12H24. The molecule has 0 saturated carbocycles. The highest BCUT2D eigenvalue weighted by Crippen LogP contribution is 2.00. The number of allylic oxidation sites excluding steroid dienone is 4. The first-order chi connectivity index (χ1) is 5.76. The molecule has 0 aromatic carbocycles. The number of rotatable bonds is 3. The summed E-state index contributed by atoms with van der Waals surface area (Å²) in [4.78, 5) is 0. The van der Waals surface area contributed by atoms with Gasteiger partial charge in [-0.3, -0.25) is 0 Å². The van der Waals surface area contributed by atoms with E-state index in [1.807, 2.05) is 6.92 Å². The summed E-state index contributed by atoms with van der Waals surface area (Å²) in [6.45, 7) is 10.6. The fourth-order valence-electron chi connectivity index (χ4n) is 0.632. The highest BCUT2D eigenvalue weighted by molar-refractivity contribution is 5.16. The summed E-state index contributed by atoms with van der Waals surface area (Å²) in [7, 11) is 0. The first kappa shape index (κ1) is 14.0. The molecule has 0 radical (unpaired) electrons. The summed E-state index contributed by atoms with van der Waals surface area (Å²) in [6, 6.07) is 0. The third-order valence-electron chi connectivity index (χ3n) is 1.66. The maximum absolute atomic E-state index is 2.18. The first-order valence-corrected chi connectivity index (χ1v) is 5.04. The predicted octanol–water partition coefficient (Wildman–Crippen LogP) is 4.73. The van der Waals surface area contributed by atoms with Crippen molar-refractivity contribution < 1.29 is 0 Å². The zero-order chi connectivity index (χ0) is 9.82. The van der Waals surface area contributed by atoms with Crippen LogP contribution in [0.3, 0.4) is 0 Å². The van der Waals surface area contributed by atoms with Crippen LogP contribution in [0.2, 0.25) is 0 Å². The summed E-state index contributed by atoms with van der Waals surface area (Å²) in [5, 5.41) is 0. The summed E-state index contributed by atoms with van der Waals surface area (Å²) >= 11 is 0. The van der Waals surface area contributed by atoms with E-state index in [0.717, 1.165) is 6.42 Å². The molecule has 0 aromatic rings. The van der Waals surface area contributed by atoms with Gasteiger partial charge in [0.15, 0.2) is 0 Å². The van der Waals surface area contributed by atoms with Gasteiger partial charge in [0.1, 0.15) is 0 Å². The molecule has 0 heteroatoms. The fourth-order valence-corrected chi connectivity index (χ4v) is 0.632. The Labute approximate surface area is 78.4 Å². The Morgan fingerprint density at radius 2 is 1.50 bits per heavy atom. The van der Waals surface area contributed by atoms with Gasteiger partial charge < -0.3 is 0 Å². The normalized spacial score (nSPS) is 11.2. The Bertz CT molecular complexity index is 113. The summed E-state index contributed by atoms with van der Waals surface area (Å²) < 4.78 is 0. The highest BCUT2D eigenvalue weighted by atomic mass is 13.9. The fraction of sp³-hybridized carbons (Fsp3) is 0.667. The van der Waals surface area contributed by atoms with E-state index in [-0.39, 0.29) is 0 Å². The molecule has 0 aliphatic rings. The number of unbranched alkanes of at least 4 members (excludes halogenated alkanes) is 1. The lowest BCUT2D eigenvalue weighted by atomic mass is 10.2. The van der Waals surface area contributed by atoms with Crippen LogP contribution in [-0.2, 0) is 0 Å². The average Bonchev–Trinajstić information content (AvgIpc) is 2.14. The van der Waals surface area contributed by atoms with Crippen molar-refractivity contribution in [3.05, 3.63) is 23.8 Å². The molecule has 12 heavy (non-hydrogen) atoms. The van der Waals surface area contributed by atoms with Gasteiger partial charge in [0.25, 0.3) is 0 Å². The zero-order valence-electron chi connectivity index (χ0n) is 9.35. The van der Waals surface area contributed by atoms with E-state index in [1.54, 1.807) is 0 Å². The van der Waals surface area contributed by atoms with Crippen LogP contribution in [0.4, 0.5) is 0 Å². The quantitative estimate of drug-likeness (QED) is 0.535. The lowest BCUT2D eigenvalue weighted by Gasteiger charge is -1.90. The van der Waals surface area contributed by atoms with E-state index in [9.17, 15) is 0 Å². The predicted molar refractivity (Wildman–Crippen MR) is 59.4 cm³/mol. The number of hydrogen-bond donors (Lipinski definition) is 0. The maximum atomic E-state index is 2.18. The molecule has 0 aliphatic carbocycles. The Balaban J connectivity index is 0. The van der Waals surface area contributed by atoms with Crippen LogP contribution >= 0.6 is 0 Å². The van der Waals surface area contributed by atoms with Crippen molar-refractivity contribution in [2.75, 3.05) is 0 Å². The van der Waals surface area contributed by atoms with Gasteiger partial charge in [-0.15, -0.1) is 0 Å². The minimum Gasteiger partial charge on any atom is -0.0874 e. The molecule has 0 heterocycles. The lowest BCUT2D eigenvalue weighted by molar-refractivity contribution is 0.886. The van der Waals surface area contributed by atoms with Crippen LogP contribution in [0, 0.1) is 0 Å². The minimum atomic E-state index is 1.14. The van der Waals surface area contributed by atoms with Gasteiger partial charge in [-0.1, -0.05) is 57.4 Å². The SMILES string of the molecule is C/C=C\C(=C/C)CC.CCCC. The third kappa shape index (κ3) is 12.2. The van der Waals surface area contributed by atoms with Crippen LogP contribution in [-0.4, -0.2) is 0 Å². The van der Waals surface area contributed by atoms with Crippen LogP contribution < -0.4 is 0 Å². The van der Waals surface area contributed by atoms with Gasteiger partial charge in [0, 0.05) is 0 Å². The Morgan fingerprint density at radius 3 is 1.58 bits per heavy atom. The maximum Gasteiger partial charge on any atom is -0.0311 e. The topological polar surface area (TPSA) is 0 Å². The van der Waals surface area contributed by atoms with Gasteiger partial charge in [0.05, 0.1) is 0 Å². The van der Waals surface area contributed by atoms with Crippen molar-refractivity contribution in [2.45, 2.75) is 53.9 Å². The van der Waals surface area contributed by atoms with E-state index in [0.29, 0.717) is 0 Å². The molecule has 0 amide bonds. The van der Waals surface area contributed by atoms with Crippen molar-refractivity contribution in [3.63, 3.8) is 0 Å². The summed E-state index contributed by atoms with van der Waals surface area (Å²) in [5.74, 6) is 0. The van der Waals surface area contributed by atoms with Crippen molar-refractivity contribution in [2.24, 2.45) is 0 Å². The second-order valence-corrected chi connectivity index (χ2v) is 2.72. The van der Waals surface area contributed by atoms with Crippen molar-refractivity contribution in [1.82, 2.24) is 0 Å². The van der Waals surface area contributed by atoms with Crippen molar-refractivity contribution in [1.29, 1.82) is 0 Å². The molecule has 72 valence electrons. The van der Waals surface area contributed by atoms with Gasteiger partial charge >= 0.3 is 0 Å². The lowest BCUT2D eigenvalue weighted by Crippen LogP contribution is -1.69. The van der Waals surface area contributed by atoms with Gasteiger partial charge in [0.2, 0.25) is 0 Å². The minimum absolute atomic E-state index is 1.14. The van der Waals surface area contributed by atoms with Crippen molar-refractivity contribution in [3.8, 4) is 0 Å². The van der Waals surface area contributed by atoms with Gasteiger partial charge in [-0.2, -0.15) is 0 Å². The van der Waals surface area contributed by atoms with E-state index >= 15 is 0 Å². The second kappa shape index (κ2) is 13.1. The molecule has 0 fully saturated rings.